The fraction of sp³-hybridized carbons (Fsp3) is 0.239. The molecule has 0 unspecified atom stereocenters. The lowest BCUT2D eigenvalue weighted by molar-refractivity contribution is 0.568. The van der Waals surface area contributed by atoms with Gasteiger partial charge in [0.25, 0.3) is 0 Å². The number of para-hydroxylation sites is 5. The van der Waals surface area contributed by atoms with E-state index in [1.807, 2.05) is 0 Å². The van der Waals surface area contributed by atoms with E-state index < -0.39 is 0 Å². The summed E-state index contributed by atoms with van der Waals surface area (Å²) in [6.45, 7) is 27.4. The van der Waals surface area contributed by atoms with Gasteiger partial charge < -0.3 is 9.13 Å². The van der Waals surface area contributed by atoms with Gasteiger partial charge in [0.2, 0.25) is 0 Å². The third kappa shape index (κ3) is 8.29. The minimum atomic E-state index is -0.112. The molecule has 11 rings (SSSR count). The minimum Gasteiger partial charge on any atom is -0.309 e. The van der Waals surface area contributed by atoms with E-state index in [1.165, 1.54) is 54.8 Å². The molecule has 0 saturated carbocycles. The highest BCUT2D eigenvalue weighted by atomic mass is 15.1. The van der Waals surface area contributed by atoms with Gasteiger partial charge in [0.05, 0.1) is 33.4 Å². The van der Waals surface area contributed by atoms with Crippen LogP contribution in [-0.2, 0) is 21.7 Å². The zero-order valence-electron chi connectivity index (χ0n) is 44.0. The van der Waals surface area contributed by atoms with Crippen LogP contribution in [0.1, 0.15) is 105 Å². The predicted molar refractivity (Wildman–Crippen MR) is 305 cm³/mol. The maximum Gasteiger partial charge on any atom is 0.166 e. The van der Waals surface area contributed by atoms with Gasteiger partial charge in [-0.25, -0.2) is 15.0 Å². The molecule has 0 bridgehead atoms. The van der Waals surface area contributed by atoms with E-state index in [9.17, 15) is 0 Å². The average Bonchev–Trinajstić information content (AvgIpc) is 3.88. The van der Waals surface area contributed by atoms with Gasteiger partial charge in [-0.05, 0) is 116 Å². The lowest BCUT2D eigenvalue weighted by atomic mass is 9.79. The average molecular weight is 940 g/mol. The number of fused-ring (bicyclic) bond motifs is 6. The van der Waals surface area contributed by atoms with Crippen LogP contribution in [0.2, 0.25) is 0 Å². The van der Waals surface area contributed by atoms with Crippen LogP contribution in [0.3, 0.4) is 0 Å². The first-order chi connectivity index (χ1) is 34.2. The summed E-state index contributed by atoms with van der Waals surface area (Å²) >= 11 is 0. The molecule has 0 N–H and O–H groups in total. The number of rotatable bonds is 6. The zero-order chi connectivity index (χ0) is 50.5. The maximum atomic E-state index is 5.67. The summed E-state index contributed by atoms with van der Waals surface area (Å²) < 4.78 is 4.82. The molecule has 0 radical (unpaired) electrons. The van der Waals surface area contributed by atoms with Gasteiger partial charge >= 0.3 is 0 Å². The SMILES string of the molecule is CC(C)(C)c1cc(-c2nc(-c3cc(C(C)(C)C)cc(C(C)(C)C)c3)nc(-c3cc(-c4ccccc4-n4c5ccccc5c5ccccc54)ccc3-n3c4ccccc4c4ccccc43)n2)cc(C(C)(C)C)c1. The van der Waals surface area contributed by atoms with E-state index in [4.69, 9.17) is 15.0 Å². The summed E-state index contributed by atoms with van der Waals surface area (Å²) in [7, 11) is 0. The molecule has 3 heterocycles. The standard InChI is InChI=1S/C67H65N5/c1-64(2,3)45-35-43(36-46(40-45)65(4,5)6)61-68-62(44-37-47(66(7,8)9)41-48(38-44)67(10,11)12)70-63(69-61)54-39-42(33-34-60(54)72-58-31-21-16-26-52(58)53-27-17-22-32-59(53)72)49-23-13-18-28-55(49)71-56-29-19-14-24-50(56)51-25-15-20-30-57(51)71/h13-41H,1-12H3. The summed E-state index contributed by atoms with van der Waals surface area (Å²) in [4.78, 5) is 16.9. The molecule has 0 aliphatic carbocycles. The molecule has 11 aromatic rings. The molecule has 5 nitrogen and oxygen atoms in total. The van der Waals surface area contributed by atoms with Crippen LogP contribution in [0, 0.1) is 0 Å². The van der Waals surface area contributed by atoms with Crippen molar-refractivity contribution in [3.8, 4) is 56.7 Å². The van der Waals surface area contributed by atoms with Crippen LogP contribution < -0.4 is 0 Å². The van der Waals surface area contributed by atoms with Gasteiger partial charge in [-0.1, -0.05) is 192 Å². The molecular formula is C67H65N5. The molecular weight excluding hydrogens is 875 g/mol. The summed E-state index contributed by atoms with van der Waals surface area (Å²) in [5.41, 5.74) is 16.2. The van der Waals surface area contributed by atoms with Crippen molar-refractivity contribution in [2.75, 3.05) is 0 Å². The lowest BCUT2D eigenvalue weighted by Gasteiger charge is -2.26. The Balaban J connectivity index is 1.25. The molecule has 358 valence electrons. The molecule has 3 aromatic heterocycles. The van der Waals surface area contributed by atoms with Gasteiger partial charge in [0, 0.05) is 43.8 Å². The molecule has 5 heteroatoms. The largest absolute Gasteiger partial charge is 0.309 e. The Morgan fingerprint density at radius 3 is 0.972 bits per heavy atom. The molecule has 0 aliphatic heterocycles. The predicted octanol–water partition coefficient (Wildman–Crippen LogP) is 17.9. The topological polar surface area (TPSA) is 48.5 Å². The molecule has 0 amide bonds. The molecule has 0 aliphatic rings. The Bertz CT molecular complexity index is 3640. The van der Waals surface area contributed by atoms with Gasteiger partial charge in [0.15, 0.2) is 17.5 Å². The van der Waals surface area contributed by atoms with Crippen molar-refractivity contribution in [3.05, 3.63) is 198 Å². The van der Waals surface area contributed by atoms with Crippen LogP contribution in [0.5, 0.6) is 0 Å². The number of hydrogen-bond donors (Lipinski definition) is 0. The number of hydrogen-bond acceptors (Lipinski definition) is 3. The van der Waals surface area contributed by atoms with Crippen LogP contribution in [0.15, 0.2) is 176 Å². The maximum absolute atomic E-state index is 5.67. The monoisotopic (exact) mass is 940 g/mol. The summed E-state index contributed by atoms with van der Waals surface area (Å²) in [6.07, 6.45) is 0. The number of aromatic nitrogens is 5. The van der Waals surface area contributed by atoms with E-state index in [1.54, 1.807) is 0 Å². The number of benzene rings is 8. The first-order valence-electron chi connectivity index (χ1n) is 25.5. The minimum absolute atomic E-state index is 0.112. The van der Waals surface area contributed by atoms with Crippen molar-refractivity contribution >= 4 is 43.6 Å². The second-order valence-electron chi connectivity index (χ2n) is 23.9. The Kier molecular flexibility index (Phi) is 11.0. The van der Waals surface area contributed by atoms with Crippen LogP contribution in [0.25, 0.3) is 100 Å². The van der Waals surface area contributed by atoms with Gasteiger partial charge in [-0.3, -0.25) is 0 Å². The zero-order valence-corrected chi connectivity index (χ0v) is 44.0. The molecule has 0 atom stereocenters. The van der Waals surface area contributed by atoms with Crippen LogP contribution in [0.4, 0.5) is 0 Å². The second kappa shape index (κ2) is 17.0. The molecule has 0 spiro atoms. The van der Waals surface area contributed by atoms with E-state index in [0.717, 1.165) is 50.2 Å². The van der Waals surface area contributed by atoms with E-state index >= 15 is 0 Å². The first-order valence-corrected chi connectivity index (χ1v) is 25.5. The van der Waals surface area contributed by atoms with Gasteiger partial charge in [0.1, 0.15) is 0 Å². The van der Waals surface area contributed by atoms with Crippen molar-refractivity contribution in [1.29, 1.82) is 0 Å². The Labute approximate surface area is 425 Å². The highest BCUT2D eigenvalue weighted by Gasteiger charge is 2.27. The van der Waals surface area contributed by atoms with Gasteiger partial charge in [-0.15, -0.1) is 0 Å². The van der Waals surface area contributed by atoms with Crippen molar-refractivity contribution in [3.63, 3.8) is 0 Å². The highest BCUT2D eigenvalue weighted by Crippen LogP contribution is 2.43. The van der Waals surface area contributed by atoms with Crippen LogP contribution >= 0.6 is 0 Å². The second-order valence-corrected chi connectivity index (χ2v) is 23.9. The van der Waals surface area contributed by atoms with Crippen LogP contribution in [-0.4, -0.2) is 24.1 Å². The van der Waals surface area contributed by atoms with Gasteiger partial charge in [-0.2, -0.15) is 0 Å². The Hall–Kier alpha value is -7.63. The fourth-order valence-electron chi connectivity index (χ4n) is 10.4. The highest BCUT2D eigenvalue weighted by molar-refractivity contribution is 6.11. The van der Waals surface area contributed by atoms with E-state index in [-0.39, 0.29) is 21.7 Å². The molecule has 8 aromatic carbocycles. The Morgan fingerprint density at radius 1 is 0.278 bits per heavy atom. The van der Waals surface area contributed by atoms with Crippen molar-refractivity contribution in [1.82, 2.24) is 24.1 Å². The third-order valence-electron chi connectivity index (χ3n) is 14.6. The summed E-state index contributed by atoms with van der Waals surface area (Å²) in [6, 6.07) is 64.6. The summed E-state index contributed by atoms with van der Waals surface area (Å²) in [5, 5.41) is 4.84. The molecule has 72 heavy (non-hydrogen) atoms. The molecule has 0 fully saturated rings. The van der Waals surface area contributed by atoms with E-state index in [2.05, 4.69) is 268 Å². The number of nitrogens with zero attached hydrogens (tertiary/aromatic N) is 5. The third-order valence-corrected chi connectivity index (χ3v) is 14.6. The lowest BCUT2D eigenvalue weighted by Crippen LogP contribution is -2.17. The normalized spacial score (nSPS) is 12.7. The van der Waals surface area contributed by atoms with Crippen molar-refractivity contribution in [2.24, 2.45) is 0 Å². The van der Waals surface area contributed by atoms with Crippen molar-refractivity contribution < 1.29 is 0 Å². The summed E-state index contributed by atoms with van der Waals surface area (Å²) in [5.74, 6) is 1.91. The fourth-order valence-corrected chi connectivity index (χ4v) is 10.4. The molecule has 0 saturated heterocycles. The van der Waals surface area contributed by atoms with E-state index in [0.29, 0.717) is 17.5 Å². The van der Waals surface area contributed by atoms with Crippen molar-refractivity contribution in [2.45, 2.75) is 105 Å². The Morgan fingerprint density at radius 2 is 0.597 bits per heavy atom. The quantitative estimate of drug-likeness (QED) is 0.167. The first kappa shape index (κ1) is 46.7. The smallest absolute Gasteiger partial charge is 0.166 e.